The predicted molar refractivity (Wildman–Crippen MR) is 54.3 cm³/mol. The molecule has 92 valence electrons. The van der Waals surface area contributed by atoms with Crippen LogP contribution in [-0.4, -0.2) is 46.7 Å². The van der Waals surface area contributed by atoms with Gasteiger partial charge in [-0.15, -0.1) is 0 Å². The molecule has 1 aliphatic heterocycles. The number of carbonyl (C=O) groups excluding carboxylic acids is 1. The van der Waals surface area contributed by atoms with Gasteiger partial charge in [-0.05, 0) is 5.92 Å². The van der Waals surface area contributed by atoms with Gasteiger partial charge in [-0.25, -0.2) is 0 Å². The number of hydrogen-bond donors (Lipinski definition) is 3. The van der Waals surface area contributed by atoms with E-state index in [2.05, 4.69) is 0 Å². The molecule has 0 aromatic carbocycles. The van der Waals surface area contributed by atoms with Crippen LogP contribution in [0.25, 0.3) is 0 Å². The smallest absolute Gasteiger partial charge is 0.306 e. The Kier molecular flexibility index (Phi) is 3.19. The molecule has 0 radical (unpaired) electrons. The second kappa shape index (κ2) is 4.31. The van der Waals surface area contributed by atoms with E-state index in [4.69, 9.17) is 4.74 Å². The first-order valence-corrected chi connectivity index (χ1v) is 5.69. The Hall–Kier alpha value is -0.650. The van der Waals surface area contributed by atoms with Gasteiger partial charge in [-0.3, -0.25) is 4.79 Å². The number of hydrogen-bond acceptors (Lipinski definition) is 5. The third-order valence-corrected chi connectivity index (χ3v) is 4.14. The highest BCUT2D eigenvalue weighted by Crippen LogP contribution is 2.44. The normalized spacial score (nSPS) is 47.6. The summed E-state index contributed by atoms with van der Waals surface area (Å²) in [7, 11) is 0. The van der Waals surface area contributed by atoms with Crippen molar-refractivity contribution in [1.82, 2.24) is 0 Å². The Morgan fingerprint density at radius 1 is 1.31 bits per heavy atom. The van der Waals surface area contributed by atoms with Crippen LogP contribution in [0.2, 0.25) is 0 Å². The molecule has 5 heteroatoms. The first-order valence-electron chi connectivity index (χ1n) is 5.69. The fourth-order valence-electron chi connectivity index (χ4n) is 3.11. The lowest BCUT2D eigenvalue weighted by Crippen LogP contribution is -2.52. The molecular formula is C11H18O5. The van der Waals surface area contributed by atoms with Gasteiger partial charge in [0.2, 0.25) is 0 Å². The van der Waals surface area contributed by atoms with Gasteiger partial charge >= 0.3 is 5.97 Å². The van der Waals surface area contributed by atoms with E-state index in [9.17, 15) is 20.1 Å². The monoisotopic (exact) mass is 230 g/mol. The molecule has 2 rings (SSSR count). The van der Waals surface area contributed by atoms with Gasteiger partial charge in [-0.1, -0.05) is 6.92 Å². The summed E-state index contributed by atoms with van der Waals surface area (Å²) in [6.45, 7) is 1.49. The molecule has 2 aliphatic rings. The number of aliphatic hydroxyl groups is 3. The fraction of sp³-hybridized carbons (Fsp3) is 0.909. The van der Waals surface area contributed by atoms with Crippen LogP contribution < -0.4 is 0 Å². The fourth-order valence-corrected chi connectivity index (χ4v) is 3.11. The molecular weight excluding hydrogens is 212 g/mol. The molecule has 6 unspecified atom stereocenters. The minimum Gasteiger partial charge on any atom is -0.462 e. The van der Waals surface area contributed by atoms with Crippen LogP contribution in [0.3, 0.4) is 0 Å². The van der Waals surface area contributed by atoms with E-state index >= 15 is 0 Å². The first kappa shape index (κ1) is 11.8. The summed E-state index contributed by atoms with van der Waals surface area (Å²) in [5.41, 5.74) is 0. The van der Waals surface area contributed by atoms with Gasteiger partial charge in [0.1, 0.15) is 6.10 Å². The number of ether oxygens (including phenoxy) is 1. The highest BCUT2D eigenvalue weighted by Gasteiger charge is 2.53. The SMILES string of the molecule is CC1C(O)C(CO)C(CO)C2OC(=O)CC12. The molecule has 1 heterocycles. The standard InChI is InChI=1S/C11H18O5/c1-5-6-2-9(14)16-11(6)8(4-13)7(3-12)10(5)15/h5-8,10-13,15H,2-4H2,1H3. The van der Waals surface area contributed by atoms with Crippen molar-refractivity contribution in [2.24, 2.45) is 23.7 Å². The Balaban J connectivity index is 2.25. The molecule has 0 bridgehead atoms. The van der Waals surface area contributed by atoms with Crippen LogP contribution in [0.15, 0.2) is 0 Å². The van der Waals surface area contributed by atoms with Gasteiger partial charge in [0, 0.05) is 31.0 Å². The number of carbonyl (C=O) groups is 1. The number of rotatable bonds is 2. The van der Waals surface area contributed by atoms with Crippen LogP contribution in [0.1, 0.15) is 13.3 Å². The topological polar surface area (TPSA) is 87.0 Å². The zero-order valence-corrected chi connectivity index (χ0v) is 9.24. The molecule has 16 heavy (non-hydrogen) atoms. The molecule has 1 aliphatic carbocycles. The van der Waals surface area contributed by atoms with Gasteiger partial charge < -0.3 is 20.1 Å². The summed E-state index contributed by atoms with van der Waals surface area (Å²) in [6.07, 6.45) is -0.733. The minimum absolute atomic E-state index is 0.0394. The summed E-state index contributed by atoms with van der Waals surface area (Å²) < 4.78 is 5.20. The maximum atomic E-state index is 11.3. The lowest BCUT2D eigenvalue weighted by molar-refractivity contribution is -0.155. The Morgan fingerprint density at radius 2 is 1.94 bits per heavy atom. The van der Waals surface area contributed by atoms with Crippen molar-refractivity contribution in [3.05, 3.63) is 0 Å². The molecule has 0 amide bonds. The van der Waals surface area contributed by atoms with Crippen molar-refractivity contribution >= 4 is 5.97 Å². The van der Waals surface area contributed by atoms with Crippen molar-refractivity contribution in [3.63, 3.8) is 0 Å². The summed E-state index contributed by atoms with van der Waals surface area (Å²) >= 11 is 0. The maximum absolute atomic E-state index is 11.3. The largest absolute Gasteiger partial charge is 0.462 e. The minimum atomic E-state index is -0.683. The summed E-state index contributed by atoms with van der Waals surface area (Å²) in [5, 5.41) is 28.6. The van der Waals surface area contributed by atoms with Crippen LogP contribution >= 0.6 is 0 Å². The van der Waals surface area contributed by atoms with Crippen LogP contribution in [0.4, 0.5) is 0 Å². The van der Waals surface area contributed by atoms with Gasteiger partial charge in [0.05, 0.1) is 12.5 Å². The van der Waals surface area contributed by atoms with Crippen molar-refractivity contribution in [2.45, 2.75) is 25.6 Å². The summed E-state index contributed by atoms with van der Waals surface area (Å²) in [4.78, 5) is 11.3. The number of fused-ring (bicyclic) bond motifs is 1. The zero-order valence-electron chi connectivity index (χ0n) is 9.24. The Bertz CT molecular complexity index is 280. The van der Waals surface area contributed by atoms with Crippen molar-refractivity contribution < 1.29 is 24.9 Å². The first-order chi connectivity index (χ1) is 7.60. The molecule has 5 nitrogen and oxygen atoms in total. The van der Waals surface area contributed by atoms with E-state index in [1.807, 2.05) is 6.92 Å². The summed E-state index contributed by atoms with van der Waals surface area (Å²) in [6, 6.07) is 0. The average molecular weight is 230 g/mol. The van der Waals surface area contributed by atoms with Crippen molar-refractivity contribution in [3.8, 4) is 0 Å². The van der Waals surface area contributed by atoms with E-state index in [1.165, 1.54) is 0 Å². The van der Waals surface area contributed by atoms with Crippen molar-refractivity contribution in [2.75, 3.05) is 13.2 Å². The lowest BCUT2D eigenvalue weighted by Gasteiger charge is -2.43. The molecule has 0 aromatic rings. The van der Waals surface area contributed by atoms with Crippen LogP contribution in [0.5, 0.6) is 0 Å². The van der Waals surface area contributed by atoms with Gasteiger partial charge in [-0.2, -0.15) is 0 Å². The highest BCUT2D eigenvalue weighted by molar-refractivity contribution is 5.72. The average Bonchev–Trinajstić information content (AvgIpc) is 2.65. The molecule has 3 N–H and O–H groups in total. The van der Waals surface area contributed by atoms with Crippen LogP contribution in [-0.2, 0) is 9.53 Å². The lowest BCUT2D eigenvalue weighted by atomic mass is 9.65. The maximum Gasteiger partial charge on any atom is 0.306 e. The zero-order chi connectivity index (χ0) is 11.9. The second-order valence-electron chi connectivity index (χ2n) is 4.87. The Morgan fingerprint density at radius 3 is 2.50 bits per heavy atom. The molecule has 2 fully saturated rings. The number of aliphatic hydroxyl groups excluding tert-OH is 3. The molecule has 0 aromatic heterocycles. The number of esters is 1. The van der Waals surface area contributed by atoms with Gasteiger partial charge in [0.15, 0.2) is 0 Å². The molecule has 0 spiro atoms. The van der Waals surface area contributed by atoms with Crippen molar-refractivity contribution in [1.29, 1.82) is 0 Å². The second-order valence-corrected chi connectivity index (χ2v) is 4.87. The van der Waals surface area contributed by atoms with E-state index in [-0.39, 0.29) is 43.0 Å². The molecule has 1 saturated carbocycles. The third kappa shape index (κ3) is 1.63. The highest BCUT2D eigenvalue weighted by atomic mass is 16.6. The van der Waals surface area contributed by atoms with E-state index in [0.29, 0.717) is 6.42 Å². The van der Waals surface area contributed by atoms with Gasteiger partial charge in [0.25, 0.3) is 0 Å². The predicted octanol–water partition coefficient (Wildman–Crippen LogP) is -0.854. The third-order valence-electron chi connectivity index (χ3n) is 4.14. The quantitative estimate of drug-likeness (QED) is 0.538. The Labute approximate surface area is 94.0 Å². The molecule has 1 saturated heterocycles. The van der Waals surface area contributed by atoms with E-state index in [1.54, 1.807) is 0 Å². The van der Waals surface area contributed by atoms with Crippen LogP contribution in [0, 0.1) is 23.7 Å². The molecule has 6 atom stereocenters. The van der Waals surface area contributed by atoms with E-state index in [0.717, 1.165) is 0 Å². The van der Waals surface area contributed by atoms with E-state index < -0.39 is 12.0 Å². The summed E-state index contributed by atoms with van der Waals surface area (Å²) in [5.74, 6) is -1.16.